The van der Waals surface area contributed by atoms with Gasteiger partial charge in [-0.3, -0.25) is 0 Å². The SMILES string of the molecule is O=[PH]=O.[AlH2].[F-].[Li+]. The molecule has 0 aromatic rings. The van der Waals surface area contributed by atoms with Crippen molar-refractivity contribution >= 4 is 25.7 Å². The predicted molar refractivity (Wildman–Crippen MR) is 18.2 cm³/mol. The Kier molecular flexibility index (Phi) is 180. The topological polar surface area (TPSA) is 34.1 Å². The van der Waals surface area contributed by atoms with E-state index in [4.69, 9.17) is 9.13 Å². The molecule has 0 rings (SSSR count). The molecule has 0 heterocycles. The van der Waals surface area contributed by atoms with Gasteiger partial charge in [0.25, 0.3) is 0 Å². The van der Waals surface area contributed by atoms with E-state index in [9.17, 15) is 0 Å². The molecule has 0 aromatic heterocycles. The number of hydrogen-bond donors (Lipinski definition) is 0. The van der Waals surface area contributed by atoms with Crippen molar-refractivity contribution < 1.29 is 32.7 Å². The van der Waals surface area contributed by atoms with Crippen LogP contribution in [0.4, 0.5) is 0 Å². The van der Waals surface area contributed by atoms with E-state index in [2.05, 4.69) is 0 Å². The molecule has 6 heavy (non-hydrogen) atoms. The molecule has 31 valence electrons. The molecule has 2 nitrogen and oxygen atoms in total. The smallest absolute Gasteiger partial charge is 1.00 e. The molecule has 0 aliphatic rings. The fourth-order valence-corrected chi connectivity index (χ4v) is 0. The predicted octanol–water partition coefficient (Wildman–Crippen LogP) is -6.55. The summed E-state index contributed by atoms with van der Waals surface area (Å²) in [4.78, 5) is 0. The van der Waals surface area contributed by atoms with Crippen molar-refractivity contribution in [2.24, 2.45) is 0 Å². The summed E-state index contributed by atoms with van der Waals surface area (Å²) in [5, 5.41) is 0. The second-order valence-electron chi connectivity index (χ2n) is 0.0833. The summed E-state index contributed by atoms with van der Waals surface area (Å²) in [5.74, 6) is 0. The Morgan fingerprint density at radius 1 is 1.17 bits per heavy atom. The molecule has 0 unspecified atom stereocenters. The van der Waals surface area contributed by atoms with Crippen LogP contribution in [0, 0.1) is 0 Å². The number of rotatable bonds is 0. The molecule has 0 N–H and O–H groups in total. The third kappa shape index (κ3) is 84.4. The normalized spacial score (nSPS) is 2.00. The van der Waals surface area contributed by atoms with Gasteiger partial charge in [0.2, 0.25) is 0 Å². The zero-order chi connectivity index (χ0) is 2.71. The molecule has 0 spiro atoms. The largest absolute Gasteiger partial charge is 1.00 e. The van der Waals surface area contributed by atoms with Gasteiger partial charge in [0, 0.05) is 0 Å². The molecule has 0 saturated heterocycles. The van der Waals surface area contributed by atoms with Crippen LogP contribution in [-0.4, -0.2) is 17.4 Å². The Balaban J connectivity index is -0.00000000667. The van der Waals surface area contributed by atoms with E-state index in [0.717, 1.165) is 0 Å². The van der Waals surface area contributed by atoms with E-state index in [-0.39, 0.29) is 40.9 Å². The minimum atomic E-state index is -1.42. The second-order valence-corrected chi connectivity index (χ2v) is 0.250. The van der Waals surface area contributed by atoms with E-state index >= 15 is 0 Å². The van der Waals surface area contributed by atoms with Crippen molar-refractivity contribution in [1.29, 1.82) is 0 Å². The summed E-state index contributed by atoms with van der Waals surface area (Å²) < 4.78 is 16.8. The Hall–Kier alpha value is 0.960. The summed E-state index contributed by atoms with van der Waals surface area (Å²) in [6.07, 6.45) is 0. The zero-order valence-corrected chi connectivity index (χ0v) is 6.69. The summed E-state index contributed by atoms with van der Waals surface area (Å²) >= 11 is 0. The second kappa shape index (κ2) is 38.2. The zero-order valence-electron chi connectivity index (χ0n) is 3.69. The van der Waals surface area contributed by atoms with Gasteiger partial charge in [-0.05, 0) is 0 Å². The molecular weight excluding hydrogens is 116 g/mol. The minimum absolute atomic E-state index is 0. The number of hydrogen-bond acceptors (Lipinski definition) is 2. The van der Waals surface area contributed by atoms with Crippen LogP contribution in [0.25, 0.3) is 0 Å². The van der Waals surface area contributed by atoms with Crippen LogP contribution in [0.5, 0.6) is 0 Å². The summed E-state index contributed by atoms with van der Waals surface area (Å²) in [6, 6.07) is 0. The molecule has 0 aliphatic carbocycles. The van der Waals surface area contributed by atoms with E-state index in [0.29, 0.717) is 0 Å². The molecule has 0 aromatic carbocycles. The van der Waals surface area contributed by atoms with E-state index < -0.39 is 8.34 Å². The molecule has 6 heteroatoms. The van der Waals surface area contributed by atoms with Crippen molar-refractivity contribution in [2.75, 3.05) is 0 Å². The van der Waals surface area contributed by atoms with Crippen molar-refractivity contribution in [2.45, 2.75) is 0 Å². The molecule has 0 amide bonds. The monoisotopic (exact) mass is 119 g/mol. The molecule has 0 bridgehead atoms. The van der Waals surface area contributed by atoms with Crippen LogP contribution in [0.15, 0.2) is 0 Å². The van der Waals surface area contributed by atoms with Gasteiger partial charge in [-0.15, -0.1) is 0 Å². The number of halogens is 1. The average Bonchev–Trinajstić information content (AvgIpc) is 0.918. The summed E-state index contributed by atoms with van der Waals surface area (Å²) in [7, 11) is -1.42. The van der Waals surface area contributed by atoms with E-state index in [1.165, 1.54) is 0 Å². The van der Waals surface area contributed by atoms with Gasteiger partial charge >= 0.3 is 27.2 Å². The van der Waals surface area contributed by atoms with Crippen molar-refractivity contribution in [3.8, 4) is 0 Å². The quantitative estimate of drug-likeness (QED) is 0.234. The maximum Gasteiger partial charge on any atom is 1.00 e. The van der Waals surface area contributed by atoms with Crippen molar-refractivity contribution in [3.05, 3.63) is 0 Å². The van der Waals surface area contributed by atoms with Gasteiger partial charge in [-0.1, -0.05) is 0 Å². The Bertz CT molecular complexity index is 34.5. The third-order valence-corrected chi connectivity index (χ3v) is 0. The maximum atomic E-state index is 8.40. The van der Waals surface area contributed by atoms with Crippen LogP contribution in [-0.2, 0) is 9.13 Å². The molecule has 0 aliphatic heterocycles. The minimum Gasteiger partial charge on any atom is -1.00 e. The van der Waals surface area contributed by atoms with E-state index in [1.54, 1.807) is 0 Å². The van der Waals surface area contributed by atoms with Crippen LogP contribution in [0.1, 0.15) is 0 Å². The van der Waals surface area contributed by atoms with Crippen LogP contribution in [0.3, 0.4) is 0 Å². The molecule has 0 atom stereocenters. The Morgan fingerprint density at radius 2 is 1.17 bits per heavy atom. The fourth-order valence-electron chi connectivity index (χ4n) is 0. The van der Waals surface area contributed by atoms with Gasteiger partial charge < -0.3 is 4.70 Å². The van der Waals surface area contributed by atoms with Gasteiger partial charge in [-0.2, -0.15) is 0 Å². The molecule has 0 fully saturated rings. The van der Waals surface area contributed by atoms with Gasteiger partial charge in [0.15, 0.2) is 0 Å². The summed E-state index contributed by atoms with van der Waals surface area (Å²) in [5.41, 5.74) is 0. The Labute approximate surface area is 58.6 Å². The molecule has 1 radical (unpaired) electrons. The van der Waals surface area contributed by atoms with Gasteiger partial charge in [-0.25, -0.2) is 9.13 Å². The van der Waals surface area contributed by atoms with Crippen molar-refractivity contribution in [1.82, 2.24) is 0 Å². The first-order valence-corrected chi connectivity index (χ1v) is 1.22. The van der Waals surface area contributed by atoms with Crippen LogP contribution < -0.4 is 23.6 Å². The first-order valence-electron chi connectivity index (χ1n) is 0.408. The molecule has 0 saturated carbocycles. The first kappa shape index (κ1) is 28.2. The van der Waals surface area contributed by atoms with Crippen LogP contribution in [0.2, 0.25) is 0 Å². The van der Waals surface area contributed by atoms with Gasteiger partial charge in [0.05, 0.1) is 0 Å². The average molecular weight is 119 g/mol. The fraction of sp³-hybridized carbons (Fsp3) is 0. The van der Waals surface area contributed by atoms with Crippen LogP contribution >= 0.6 is 8.34 Å². The molecular formula is H3AlFLiO2P. The standard InChI is InChI=1S/Al.FH.Li.HO2P.2H/c;;;1-3-2;;/h;1H;;3H;;/q;;+1;;;/p-1. The maximum absolute atomic E-state index is 8.40. The summed E-state index contributed by atoms with van der Waals surface area (Å²) in [6.45, 7) is 0. The first-order chi connectivity index (χ1) is 1.41. The van der Waals surface area contributed by atoms with Crippen molar-refractivity contribution in [3.63, 3.8) is 0 Å². The third-order valence-electron chi connectivity index (χ3n) is 0. The van der Waals surface area contributed by atoms with Gasteiger partial charge in [0.1, 0.15) is 17.4 Å². The van der Waals surface area contributed by atoms with E-state index in [1.807, 2.05) is 0 Å². The Morgan fingerprint density at radius 3 is 1.17 bits per heavy atom.